The summed E-state index contributed by atoms with van der Waals surface area (Å²) in [6.45, 7) is 1.29. The Balaban J connectivity index is 1.52. The van der Waals surface area contributed by atoms with Crippen LogP contribution >= 0.6 is 0 Å². The summed E-state index contributed by atoms with van der Waals surface area (Å²) in [5.74, 6) is -0.923. The van der Waals surface area contributed by atoms with Gasteiger partial charge in [-0.25, -0.2) is 4.79 Å². The SMILES string of the molecule is CC(=O)Oc1ccc(OC(=O)c2ccc(OC(=O)C3CCC(C(O)O)CC3)cc2)cc1. The highest BCUT2D eigenvalue weighted by atomic mass is 16.5. The third-order valence-corrected chi connectivity index (χ3v) is 5.13. The number of aliphatic hydroxyl groups is 2. The minimum absolute atomic E-state index is 0.202. The van der Waals surface area contributed by atoms with Crippen LogP contribution in [0.2, 0.25) is 0 Å². The molecule has 0 amide bonds. The number of rotatable bonds is 6. The molecule has 8 heteroatoms. The molecular weight excluding hydrogens is 404 g/mol. The Labute approximate surface area is 179 Å². The molecule has 1 aliphatic carbocycles. The normalized spacial score (nSPS) is 18.3. The molecule has 1 fully saturated rings. The standard InChI is InChI=1S/C23H24O8/c1-14(24)29-18-10-12-20(13-11-18)31-23(28)17-6-8-19(9-7-17)30-22(27)16-4-2-15(3-5-16)21(25)26/h6-13,15-16,21,25-26H,2-5H2,1H3. The topological polar surface area (TPSA) is 119 Å². The van der Waals surface area contributed by atoms with Gasteiger partial charge in [0.25, 0.3) is 0 Å². The second kappa shape index (κ2) is 10.2. The van der Waals surface area contributed by atoms with E-state index in [0.29, 0.717) is 42.9 Å². The summed E-state index contributed by atoms with van der Waals surface area (Å²) in [6, 6.07) is 12.1. The molecule has 164 valence electrons. The Bertz CT molecular complexity index is 910. The van der Waals surface area contributed by atoms with Gasteiger partial charge < -0.3 is 24.4 Å². The fraction of sp³-hybridized carbons (Fsp3) is 0.348. The quantitative estimate of drug-likeness (QED) is 0.410. The zero-order valence-corrected chi connectivity index (χ0v) is 17.0. The average Bonchev–Trinajstić information content (AvgIpc) is 2.75. The monoisotopic (exact) mass is 428 g/mol. The number of carbonyl (C=O) groups excluding carboxylic acids is 3. The number of benzene rings is 2. The van der Waals surface area contributed by atoms with E-state index in [-0.39, 0.29) is 23.4 Å². The van der Waals surface area contributed by atoms with Gasteiger partial charge in [0.1, 0.15) is 17.2 Å². The maximum absolute atomic E-state index is 12.3. The molecule has 1 aliphatic rings. The second-order valence-corrected chi connectivity index (χ2v) is 7.43. The van der Waals surface area contributed by atoms with E-state index in [4.69, 9.17) is 14.2 Å². The highest BCUT2D eigenvalue weighted by Gasteiger charge is 2.30. The Kier molecular flexibility index (Phi) is 7.38. The zero-order valence-electron chi connectivity index (χ0n) is 17.0. The van der Waals surface area contributed by atoms with E-state index in [0.717, 1.165) is 0 Å². The van der Waals surface area contributed by atoms with Crippen LogP contribution < -0.4 is 14.2 Å². The summed E-state index contributed by atoms with van der Waals surface area (Å²) in [5.41, 5.74) is 0.279. The summed E-state index contributed by atoms with van der Waals surface area (Å²) >= 11 is 0. The first-order chi connectivity index (χ1) is 14.8. The Morgan fingerprint density at radius 3 is 1.77 bits per heavy atom. The van der Waals surface area contributed by atoms with Crippen LogP contribution in [0.3, 0.4) is 0 Å². The molecule has 3 rings (SSSR count). The van der Waals surface area contributed by atoms with E-state index < -0.39 is 18.2 Å². The van der Waals surface area contributed by atoms with Crippen LogP contribution in [0, 0.1) is 11.8 Å². The summed E-state index contributed by atoms with van der Waals surface area (Å²) < 4.78 is 15.6. The van der Waals surface area contributed by atoms with Crippen LogP contribution in [-0.2, 0) is 9.59 Å². The van der Waals surface area contributed by atoms with E-state index in [1.165, 1.54) is 55.5 Å². The molecule has 8 nitrogen and oxygen atoms in total. The van der Waals surface area contributed by atoms with Gasteiger partial charge in [-0.2, -0.15) is 0 Å². The van der Waals surface area contributed by atoms with E-state index in [1.54, 1.807) is 0 Å². The number of esters is 3. The minimum atomic E-state index is -1.35. The number of hydrogen-bond donors (Lipinski definition) is 2. The van der Waals surface area contributed by atoms with Gasteiger partial charge in [0.2, 0.25) is 0 Å². The lowest BCUT2D eigenvalue weighted by atomic mass is 9.82. The van der Waals surface area contributed by atoms with Crippen molar-refractivity contribution < 1.29 is 38.8 Å². The largest absolute Gasteiger partial charge is 0.427 e. The molecule has 31 heavy (non-hydrogen) atoms. The van der Waals surface area contributed by atoms with Gasteiger partial charge in [-0.15, -0.1) is 0 Å². The van der Waals surface area contributed by atoms with Crippen molar-refractivity contribution in [3.8, 4) is 17.2 Å². The molecule has 2 aromatic carbocycles. The van der Waals surface area contributed by atoms with Crippen molar-refractivity contribution in [3.63, 3.8) is 0 Å². The molecule has 0 atom stereocenters. The van der Waals surface area contributed by atoms with Crippen LogP contribution in [0.1, 0.15) is 43.0 Å². The fourth-order valence-electron chi connectivity index (χ4n) is 3.42. The smallest absolute Gasteiger partial charge is 0.343 e. The molecule has 0 aliphatic heterocycles. The third kappa shape index (κ3) is 6.37. The van der Waals surface area contributed by atoms with Crippen molar-refractivity contribution in [2.45, 2.75) is 38.9 Å². The summed E-state index contributed by atoms with van der Waals surface area (Å²) in [6.07, 6.45) is 0.855. The zero-order chi connectivity index (χ0) is 22.4. The van der Waals surface area contributed by atoms with Gasteiger partial charge in [-0.3, -0.25) is 9.59 Å². The van der Waals surface area contributed by atoms with Crippen molar-refractivity contribution in [2.24, 2.45) is 11.8 Å². The maximum Gasteiger partial charge on any atom is 0.343 e. The van der Waals surface area contributed by atoms with Gasteiger partial charge in [0.15, 0.2) is 6.29 Å². The summed E-state index contributed by atoms with van der Waals surface area (Å²) in [7, 11) is 0. The predicted molar refractivity (Wildman–Crippen MR) is 108 cm³/mol. The minimum Gasteiger partial charge on any atom is -0.427 e. The number of aliphatic hydroxyl groups excluding tert-OH is 1. The van der Waals surface area contributed by atoms with E-state index in [2.05, 4.69) is 0 Å². The first-order valence-corrected chi connectivity index (χ1v) is 10.0. The number of hydrogen-bond acceptors (Lipinski definition) is 8. The average molecular weight is 428 g/mol. The van der Waals surface area contributed by atoms with Crippen molar-refractivity contribution in [3.05, 3.63) is 54.1 Å². The van der Waals surface area contributed by atoms with Crippen molar-refractivity contribution in [1.29, 1.82) is 0 Å². The van der Waals surface area contributed by atoms with Crippen LogP contribution in [-0.4, -0.2) is 34.4 Å². The highest BCUT2D eigenvalue weighted by molar-refractivity contribution is 5.91. The van der Waals surface area contributed by atoms with Crippen molar-refractivity contribution >= 4 is 17.9 Å². The number of ether oxygens (including phenoxy) is 3. The molecule has 2 N–H and O–H groups in total. The first kappa shape index (κ1) is 22.5. The Morgan fingerprint density at radius 1 is 0.774 bits per heavy atom. The molecule has 0 unspecified atom stereocenters. The third-order valence-electron chi connectivity index (χ3n) is 5.13. The summed E-state index contributed by atoms with van der Waals surface area (Å²) in [4.78, 5) is 35.5. The molecule has 0 bridgehead atoms. The van der Waals surface area contributed by atoms with Crippen molar-refractivity contribution in [2.75, 3.05) is 0 Å². The van der Waals surface area contributed by atoms with Gasteiger partial charge >= 0.3 is 17.9 Å². The fourth-order valence-corrected chi connectivity index (χ4v) is 3.42. The van der Waals surface area contributed by atoms with E-state index in [9.17, 15) is 24.6 Å². The molecule has 0 saturated heterocycles. The van der Waals surface area contributed by atoms with Crippen LogP contribution in [0.15, 0.2) is 48.5 Å². The van der Waals surface area contributed by atoms with E-state index in [1.807, 2.05) is 0 Å². The lowest BCUT2D eigenvalue weighted by Crippen LogP contribution is -2.30. The molecule has 0 heterocycles. The van der Waals surface area contributed by atoms with Crippen LogP contribution in [0.5, 0.6) is 17.2 Å². The maximum atomic E-state index is 12.3. The van der Waals surface area contributed by atoms with Crippen LogP contribution in [0.4, 0.5) is 0 Å². The molecule has 2 aromatic rings. The van der Waals surface area contributed by atoms with Crippen molar-refractivity contribution in [1.82, 2.24) is 0 Å². The Morgan fingerprint density at radius 2 is 1.26 bits per heavy atom. The van der Waals surface area contributed by atoms with Gasteiger partial charge in [-0.05, 0) is 74.2 Å². The van der Waals surface area contributed by atoms with Gasteiger partial charge in [-0.1, -0.05) is 0 Å². The molecule has 0 aromatic heterocycles. The summed E-state index contributed by atoms with van der Waals surface area (Å²) in [5, 5.41) is 18.5. The second-order valence-electron chi connectivity index (χ2n) is 7.43. The highest BCUT2D eigenvalue weighted by Crippen LogP contribution is 2.31. The lowest BCUT2D eigenvalue weighted by Gasteiger charge is -2.28. The van der Waals surface area contributed by atoms with Gasteiger partial charge in [0, 0.05) is 12.8 Å². The molecule has 0 radical (unpaired) electrons. The molecule has 1 saturated carbocycles. The van der Waals surface area contributed by atoms with Gasteiger partial charge in [0.05, 0.1) is 11.5 Å². The first-order valence-electron chi connectivity index (χ1n) is 10.0. The van der Waals surface area contributed by atoms with E-state index >= 15 is 0 Å². The molecular formula is C23H24O8. The number of carbonyl (C=O) groups is 3. The lowest BCUT2D eigenvalue weighted by molar-refractivity contribution is -0.143. The Hall–Kier alpha value is -3.23. The molecule has 0 spiro atoms. The predicted octanol–water partition coefficient (Wildman–Crippen LogP) is 2.85. The van der Waals surface area contributed by atoms with Crippen LogP contribution in [0.25, 0.3) is 0 Å².